The van der Waals surface area contributed by atoms with Crippen LogP contribution in [0.2, 0.25) is 0 Å². The van der Waals surface area contributed by atoms with Gasteiger partial charge in [0.2, 0.25) is 0 Å². The van der Waals surface area contributed by atoms with Crippen molar-refractivity contribution in [3.8, 4) is 0 Å². The number of rotatable bonds is 6. The highest BCUT2D eigenvalue weighted by molar-refractivity contribution is 5.09. The van der Waals surface area contributed by atoms with Crippen LogP contribution in [-0.4, -0.2) is 34.7 Å². The molecule has 4 heteroatoms. The quantitative estimate of drug-likeness (QED) is 0.795. The zero-order chi connectivity index (χ0) is 12.1. The predicted octanol–water partition coefficient (Wildman–Crippen LogP) is 1.30. The van der Waals surface area contributed by atoms with E-state index in [9.17, 15) is 5.11 Å². The summed E-state index contributed by atoms with van der Waals surface area (Å²) in [7, 11) is 3.60. The lowest BCUT2D eigenvalue weighted by Gasteiger charge is -2.15. The molecule has 1 aromatic rings. The first-order chi connectivity index (χ1) is 7.52. The Bertz CT molecular complexity index is 323. The highest BCUT2D eigenvalue weighted by Gasteiger charge is 2.13. The second kappa shape index (κ2) is 6.01. The molecule has 0 aliphatic rings. The van der Waals surface area contributed by atoms with E-state index in [0.29, 0.717) is 18.9 Å². The molecule has 2 atom stereocenters. The molecule has 0 aromatic carbocycles. The fraction of sp³-hybridized carbons (Fsp3) is 0.750. The van der Waals surface area contributed by atoms with Crippen molar-refractivity contribution in [1.82, 2.24) is 9.78 Å². The Morgan fingerprint density at radius 2 is 2.25 bits per heavy atom. The van der Waals surface area contributed by atoms with Gasteiger partial charge in [0, 0.05) is 32.9 Å². The molecular formula is C12H22N2O2. The lowest BCUT2D eigenvalue weighted by Crippen LogP contribution is -2.18. The molecule has 16 heavy (non-hydrogen) atoms. The van der Waals surface area contributed by atoms with Gasteiger partial charge in [-0.2, -0.15) is 5.10 Å². The number of aryl methyl sites for hydroxylation is 2. The molecule has 0 spiro atoms. The first-order valence-corrected chi connectivity index (χ1v) is 5.69. The van der Waals surface area contributed by atoms with E-state index in [1.807, 2.05) is 24.7 Å². The maximum absolute atomic E-state index is 9.94. The van der Waals surface area contributed by atoms with Gasteiger partial charge in [-0.3, -0.25) is 4.68 Å². The van der Waals surface area contributed by atoms with Crippen LogP contribution in [0, 0.1) is 12.8 Å². The second-order valence-corrected chi connectivity index (χ2v) is 4.55. The van der Waals surface area contributed by atoms with Crippen LogP contribution in [0.4, 0.5) is 0 Å². The molecule has 0 aliphatic carbocycles. The molecule has 92 valence electrons. The van der Waals surface area contributed by atoms with Crippen molar-refractivity contribution in [2.24, 2.45) is 13.0 Å². The van der Waals surface area contributed by atoms with E-state index in [-0.39, 0.29) is 6.10 Å². The number of aromatic nitrogens is 2. The maximum atomic E-state index is 9.94. The molecule has 0 fully saturated rings. The third kappa shape index (κ3) is 3.94. The smallest absolute Gasteiger partial charge is 0.0598 e. The molecule has 1 N–H and O–H groups in total. The molecule has 0 aliphatic heterocycles. The second-order valence-electron chi connectivity index (χ2n) is 4.55. The lowest BCUT2D eigenvalue weighted by atomic mass is 10.0. The third-order valence-electron chi connectivity index (χ3n) is 2.67. The topological polar surface area (TPSA) is 47.3 Å². The molecule has 2 unspecified atom stereocenters. The van der Waals surface area contributed by atoms with E-state index >= 15 is 0 Å². The minimum Gasteiger partial charge on any atom is -0.393 e. The Morgan fingerprint density at radius 1 is 1.56 bits per heavy atom. The Hall–Kier alpha value is -0.870. The SMILES string of the molecule is COCC(C)CC(O)Cc1cc(C)nn1C. The van der Waals surface area contributed by atoms with Crippen molar-refractivity contribution in [1.29, 1.82) is 0 Å². The molecule has 1 rings (SSSR count). The summed E-state index contributed by atoms with van der Waals surface area (Å²) in [6.45, 7) is 4.74. The van der Waals surface area contributed by atoms with Crippen LogP contribution in [0.1, 0.15) is 24.7 Å². The number of hydrogen-bond donors (Lipinski definition) is 1. The van der Waals surface area contributed by atoms with Gasteiger partial charge in [0.15, 0.2) is 0 Å². The van der Waals surface area contributed by atoms with Gasteiger partial charge in [-0.05, 0) is 25.3 Å². The van der Waals surface area contributed by atoms with Crippen LogP contribution in [0.3, 0.4) is 0 Å². The summed E-state index contributed by atoms with van der Waals surface area (Å²) in [5, 5.41) is 14.2. The highest BCUT2D eigenvalue weighted by atomic mass is 16.5. The van der Waals surface area contributed by atoms with Crippen molar-refractivity contribution in [3.05, 3.63) is 17.5 Å². The molecule has 1 aromatic heterocycles. The van der Waals surface area contributed by atoms with Crippen molar-refractivity contribution < 1.29 is 9.84 Å². The van der Waals surface area contributed by atoms with Gasteiger partial charge in [0.25, 0.3) is 0 Å². The first kappa shape index (κ1) is 13.2. The van der Waals surface area contributed by atoms with Crippen molar-refractivity contribution in [2.75, 3.05) is 13.7 Å². The van der Waals surface area contributed by atoms with Crippen LogP contribution in [-0.2, 0) is 18.2 Å². The zero-order valence-electron chi connectivity index (χ0n) is 10.6. The molecule has 4 nitrogen and oxygen atoms in total. The van der Waals surface area contributed by atoms with Gasteiger partial charge < -0.3 is 9.84 Å². The summed E-state index contributed by atoms with van der Waals surface area (Å²) in [5.74, 6) is 0.384. The van der Waals surface area contributed by atoms with Gasteiger partial charge in [0.05, 0.1) is 11.8 Å². The lowest BCUT2D eigenvalue weighted by molar-refractivity contribution is 0.101. The fourth-order valence-electron chi connectivity index (χ4n) is 2.00. The van der Waals surface area contributed by atoms with E-state index < -0.39 is 0 Å². The molecule has 0 amide bonds. The summed E-state index contributed by atoms with van der Waals surface area (Å²) in [6.07, 6.45) is 1.10. The summed E-state index contributed by atoms with van der Waals surface area (Å²) in [4.78, 5) is 0. The van der Waals surface area contributed by atoms with Crippen LogP contribution >= 0.6 is 0 Å². The number of methoxy groups -OCH3 is 1. The summed E-state index contributed by atoms with van der Waals surface area (Å²) < 4.78 is 6.89. The Balaban J connectivity index is 2.45. The minimum absolute atomic E-state index is 0.319. The Kier molecular flexibility index (Phi) is 4.96. The third-order valence-corrected chi connectivity index (χ3v) is 2.67. The first-order valence-electron chi connectivity index (χ1n) is 5.69. The van der Waals surface area contributed by atoms with Crippen molar-refractivity contribution >= 4 is 0 Å². The van der Waals surface area contributed by atoms with Gasteiger partial charge in [0.1, 0.15) is 0 Å². The molecule has 0 saturated heterocycles. The molecule has 1 heterocycles. The minimum atomic E-state index is -0.319. The maximum Gasteiger partial charge on any atom is 0.0598 e. The number of aliphatic hydroxyl groups excluding tert-OH is 1. The largest absolute Gasteiger partial charge is 0.393 e. The number of hydrogen-bond acceptors (Lipinski definition) is 3. The predicted molar refractivity (Wildman–Crippen MR) is 63.3 cm³/mol. The van der Waals surface area contributed by atoms with E-state index in [4.69, 9.17) is 4.74 Å². The summed E-state index contributed by atoms with van der Waals surface area (Å²) >= 11 is 0. The summed E-state index contributed by atoms with van der Waals surface area (Å²) in [6, 6.07) is 2.02. The van der Waals surface area contributed by atoms with E-state index in [2.05, 4.69) is 12.0 Å². The number of nitrogens with zero attached hydrogens (tertiary/aromatic N) is 2. The van der Waals surface area contributed by atoms with Gasteiger partial charge in [-0.25, -0.2) is 0 Å². The van der Waals surface area contributed by atoms with Crippen molar-refractivity contribution in [3.63, 3.8) is 0 Å². The van der Waals surface area contributed by atoms with Crippen LogP contribution in [0.15, 0.2) is 6.07 Å². The fourth-order valence-corrected chi connectivity index (χ4v) is 2.00. The molecule has 0 bridgehead atoms. The molecular weight excluding hydrogens is 204 g/mol. The summed E-state index contributed by atoms with van der Waals surface area (Å²) in [5.41, 5.74) is 2.07. The monoisotopic (exact) mass is 226 g/mol. The van der Waals surface area contributed by atoms with Gasteiger partial charge in [-0.1, -0.05) is 6.92 Å². The molecule has 0 saturated carbocycles. The Morgan fingerprint density at radius 3 is 2.75 bits per heavy atom. The zero-order valence-corrected chi connectivity index (χ0v) is 10.6. The van der Waals surface area contributed by atoms with Crippen LogP contribution in [0.5, 0.6) is 0 Å². The average molecular weight is 226 g/mol. The number of aliphatic hydroxyl groups is 1. The normalized spacial score (nSPS) is 15.1. The van der Waals surface area contributed by atoms with Crippen LogP contribution in [0.25, 0.3) is 0 Å². The Labute approximate surface area is 97.2 Å². The highest BCUT2D eigenvalue weighted by Crippen LogP contribution is 2.12. The molecule has 0 radical (unpaired) electrons. The standard InChI is InChI=1S/C12H22N2O2/c1-9(8-16-4)5-12(15)7-11-6-10(2)13-14(11)3/h6,9,12,15H,5,7-8H2,1-4H3. The van der Waals surface area contributed by atoms with E-state index in [1.54, 1.807) is 7.11 Å². The average Bonchev–Trinajstić information content (AvgIpc) is 2.44. The van der Waals surface area contributed by atoms with Gasteiger partial charge in [-0.15, -0.1) is 0 Å². The van der Waals surface area contributed by atoms with Gasteiger partial charge >= 0.3 is 0 Å². The van der Waals surface area contributed by atoms with E-state index in [1.165, 1.54) is 0 Å². The van der Waals surface area contributed by atoms with E-state index in [0.717, 1.165) is 17.8 Å². The van der Waals surface area contributed by atoms with Crippen molar-refractivity contribution in [2.45, 2.75) is 32.8 Å². The van der Waals surface area contributed by atoms with Crippen LogP contribution < -0.4 is 0 Å². The number of ether oxygens (including phenoxy) is 1.